The van der Waals surface area contributed by atoms with Crippen LogP contribution in [0.15, 0.2) is 50.4 Å². The van der Waals surface area contributed by atoms with E-state index in [1.165, 1.54) is 13.1 Å². The first-order chi connectivity index (χ1) is 21.1. The van der Waals surface area contributed by atoms with Gasteiger partial charge in [-0.1, -0.05) is 34.6 Å². The molecule has 17 heteroatoms. The number of carbonyl (C=O) groups is 1. The SMILES string of the molecule is CN=C=O.CNC(=O)N[C@@H]1CCc2cc(-c3noc(C(F)F)n3)ccc21.Cl.N[C@@H]1CCc2cc(-c3noc(C(F)F)n3)ccc21. The molecule has 0 unspecified atom stereocenters. The average molecular weight is 653 g/mol. The number of hydrogen-bond donors (Lipinski definition) is 3. The molecule has 0 saturated heterocycles. The quantitative estimate of drug-likeness (QED) is 0.141. The Morgan fingerprint density at radius 1 is 0.933 bits per heavy atom. The monoisotopic (exact) mass is 652 g/mol. The molecule has 12 nitrogen and oxygen atoms in total. The van der Waals surface area contributed by atoms with Crippen molar-refractivity contribution < 1.29 is 36.2 Å². The predicted octanol–water partition coefficient (Wildman–Crippen LogP) is 5.58. The molecule has 6 rings (SSSR count). The van der Waals surface area contributed by atoms with Crippen LogP contribution in [0.1, 0.15) is 71.8 Å². The number of aromatic nitrogens is 4. The second-order valence-corrected chi connectivity index (χ2v) is 9.62. The van der Waals surface area contributed by atoms with E-state index in [2.05, 4.69) is 45.0 Å². The number of alkyl halides is 4. The number of rotatable bonds is 5. The number of nitrogens with zero attached hydrogens (tertiary/aromatic N) is 5. The van der Waals surface area contributed by atoms with E-state index in [9.17, 15) is 22.4 Å². The summed E-state index contributed by atoms with van der Waals surface area (Å²) in [7, 11) is 2.94. The van der Waals surface area contributed by atoms with Crippen LogP contribution >= 0.6 is 12.4 Å². The molecule has 2 aromatic carbocycles. The van der Waals surface area contributed by atoms with Gasteiger partial charge in [-0.2, -0.15) is 27.5 Å². The van der Waals surface area contributed by atoms with Gasteiger partial charge in [0.2, 0.25) is 17.7 Å². The summed E-state index contributed by atoms with van der Waals surface area (Å²) >= 11 is 0. The second kappa shape index (κ2) is 15.9. The highest BCUT2D eigenvalue weighted by atomic mass is 35.5. The summed E-state index contributed by atoms with van der Waals surface area (Å²) in [5.74, 6) is -1.01. The maximum Gasteiger partial charge on any atom is 0.315 e. The lowest BCUT2D eigenvalue weighted by molar-refractivity contribution is 0.106. The van der Waals surface area contributed by atoms with E-state index in [0.29, 0.717) is 11.1 Å². The minimum atomic E-state index is -2.78. The van der Waals surface area contributed by atoms with Crippen molar-refractivity contribution in [2.75, 3.05) is 14.1 Å². The fourth-order valence-electron chi connectivity index (χ4n) is 4.81. The van der Waals surface area contributed by atoms with Gasteiger partial charge in [0.15, 0.2) is 0 Å². The van der Waals surface area contributed by atoms with Crippen molar-refractivity contribution in [3.8, 4) is 22.8 Å². The summed E-state index contributed by atoms with van der Waals surface area (Å²) in [4.78, 5) is 30.6. The van der Waals surface area contributed by atoms with Gasteiger partial charge < -0.3 is 25.4 Å². The predicted molar refractivity (Wildman–Crippen MR) is 155 cm³/mol. The highest BCUT2D eigenvalue weighted by Crippen LogP contribution is 2.34. The van der Waals surface area contributed by atoms with E-state index < -0.39 is 24.6 Å². The summed E-state index contributed by atoms with van der Waals surface area (Å²) in [6.07, 6.45) is -0.832. The van der Waals surface area contributed by atoms with E-state index >= 15 is 0 Å². The highest BCUT2D eigenvalue weighted by Gasteiger charge is 2.25. The van der Waals surface area contributed by atoms with Crippen molar-refractivity contribution in [2.45, 2.75) is 50.6 Å². The lowest BCUT2D eigenvalue weighted by Crippen LogP contribution is -2.34. The Hall–Kier alpha value is -4.66. The van der Waals surface area contributed by atoms with Crippen LogP contribution in [-0.4, -0.2) is 46.5 Å². The van der Waals surface area contributed by atoms with Gasteiger partial charge in [0.05, 0.1) is 6.04 Å². The number of fused-ring (bicyclic) bond motifs is 2. The van der Waals surface area contributed by atoms with Crippen molar-refractivity contribution in [1.29, 1.82) is 0 Å². The largest absolute Gasteiger partial charge is 0.341 e. The molecule has 0 aliphatic heterocycles. The molecule has 2 atom stereocenters. The van der Waals surface area contributed by atoms with Crippen LogP contribution in [0.5, 0.6) is 0 Å². The zero-order chi connectivity index (χ0) is 31.8. The number of benzene rings is 2. The number of nitrogens with two attached hydrogens (primary N) is 1. The number of nitrogens with one attached hydrogen (secondary N) is 2. The molecule has 0 fully saturated rings. The Kier molecular flexibility index (Phi) is 12.3. The van der Waals surface area contributed by atoms with Gasteiger partial charge in [0.25, 0.3) is 11.8 Å². The zero-order valence-electron chi connectivity index (χ0n) is 24.0. The number of amides is 2. The lowest BCUT2D eigenvalue weighted by Gasteiger charge is -2.13. The van der Waals surface area contributed by atoms with Crippen LogP contribution in [0, 0.1) is 0 Å². The van der Waals surface area contributed by atoms with Crippen LogP contribution in [0.2, 0.25) is 0 Å². The molecule has 0 saturated carbocycles. The molecular formula is C28H29ClF4N8O4. The van der Waals surface area contributed by atoms with Gasteiger partial charge >= 0.3 is 18.9 Å². The zero-order valence-corrected chi connectivity index (χ0v) is 24.8. The molecule has 240 valence electrons. The molecule has 0 bridgehead atoms. The number of urea groups is 1. The molecule has 0 radical (unpaired) electrons. The Morgan fingerprint density at radius 2 is 1.42 bits per heavy atom. The minimum Gasteiger partial charge on any atom is -0.341 e. The molecule has 2 amide bonds. The maximum absolute atomic E-state index is 12.5. The molecule has 4 aromatic rings. The fraction of sp³-hybridized carbons (Fsp3) is 0.357. The van der Waals surface area contributed by atoms with Crippen molar-refractivity contribution in [2.24, 2.45) is 10.7 Å². The van der Waals surface area contributed by atoms with Gasteiger partial charge in [0.1, 0.15) is 0 Å². The van der Waals surface area contributed by atoms with Crippen molar-refractivity contribution >= 4 is 24.5 Å². The topological polar surface area (TPSA) is 174 Å². The fourth-order valence-corrected chi connectivity index (χ4v) is 4.81. The number of halogens is 5. The van der Waals surface area contributed by atoms with E-state index in [4.69, 9.17) is 10.5 Å². The maximum atomic E-state index is 12.5. The summed E-state index contributed by atoms with van der Waals surface area (Å²) in [6, 6.07) is 10.8. The first-order valence-corrected chi connectivity index (χ1v) is 13.3. The standard InChI is InChI=1S/C14H14F2N4O2.C12H11F2N3O.C2H3NO.ClH/c1-17-14(21)18-10-5-3-7-6-8(2-4-9(7)10)12-19-13(11(15)16)22-20-12;13-10(14)12-16-11(17-18-12)7-1-3-8-6(5-7)2-4-9(8)15;1-3-2-4;/h2,4,6,10-11H,3,5H2,1H3,(H2,17,18,21);1,3,5,9-10H,2,4,15H2;1H3;1H/t10-;9-;;/m11../s1. The van der Waals surface area contributed by atoms with Gasteiger partial charge in [-0.3, -0.25) is 0 Å². The van der Waals surface area contributed by atoms with E-state index in [-0.39, 0.29) is 42.2 Å². The number of hydrogen-bond acceptors (Lipinski definition) is 10. The molecule has 2 aliphatic rings. The third kappa shape index (κ3) is 8.50. The second-order valence-electron chi connectivity index (χ2n) is 9.62. The first-order valence-electron chi connectivity index (χ1n) is 13.3. The smallest absolute Gasteiger partial charge is 0.315 e. The van der Waals surface area contributed by atoms with Crippen LogP contribution in [0.3, 0.4) is 0 Å². The highest BCUT2D eigenvalue weighted by molar-refractivity contribution is 5.85. The molecule has 4 N–H and O–H groups in total. The number of carbonyl (C=O) groups excluding carboxylic acids is 2. The van der Waals surface area contributed by atoms with E-state index in [1.807, 2.05) is 24.3 Å². The van der Waals surface area contributed by atoms with Crippen LogP contribution < -0.4 is 16.4 Å². The first kappa shape index (κ1) is 34.8. The van der Waals surface area contributed by atoms with E-state index in [1.54, 1.807) is 19.2 Å². The van der Waals surface area contributed by atoms with Crippen molar-refractivity contribution in [1.82, 2.24) is 30.9 Å². The van der Waals surface area contributed by atoms with Gasteiger partial charge in [-0.15, -0.1) is 12.4 Å². The summed E-state index contributed by atoms with van der Waals surface area (Å²) in [5, 5.41) is 12.5. The molecule has 45 heavy (non-hydrogen) atoms. The third-order valence-corrected chi connectivity index (χ3v) is 6.88. The number of aliphatic imine (C=N–C) groups is 1. The minimum absolute atomic E-state index is 0. The van der Waals surface area contributed by atoms with Gasteiger partial charge in [-0.25, -0.2) is 14.6 Å². The molecule has 2 aromatic heterocycles. The molecule has 0 spiro atoms. The average Bonchev–Trinajstić information content (AvgIpc) is 3.84. The molecule has 2 heterocycles. The van der Waals surface area contributed by atoms with Crippen LogP contribution in [0.25, 0.3) is 22.8 Å². The lowest BCUT2D eigenvalue weighted by atomic mass is 10.0. The van der Waals surface area contributed by atoms with Gasteiger partial charge in [0, 0.05) is 31.3 Å². The summed E-state index contributed by atoms with van der Waals surface area (Å²) < 4.78 is 58.7. The van der Waals surface area contributed by atoms with Crippen molar-refractivity contribution in [3.63, 3.8) is 0 Å². The van der Waals surface area contributed by atoms with Crippen molar-refractivity contribution in [3.05, 3.63) is 70.4 Å². The van der Waals surface area contributed by atoms with Crippen LogP contribution in [-0.2, 0) is 17.6 Å². The number of isocyanates is 1. The Bertz CT molecular complexity index is 1640. The molecular weight excluding hydrogens is 624 g/mol. The third-order valence-electron chi connectivity index (χ3n) is 6.88. The van der Waals surface area contributed by atoms with Gasteiger partial charge in [-0.05, 0) is 60.1 Å². The normalized spacial score (nSPS) is 15.8. The Labute approximate surface area is 260 Å². The summed E-state index contributed by atoms with van der Waals surface area (Å²) in [6.45, 7) is 0. The van der Waals surface area contributed by atoms with E-state index in [0.717, 1.165) is 47.9 Å². The number of aryl methyl sites for hydroxylation is 2. The Balaban J connectivity index is 0.000000218. The van der Waals surface area contributed by atoms with Crippen LogP contribution in [0.4, 0.5) is 22.4 Å². The summed E-state index contributed by atoms with van der Waals surface area (Å²) in [5.41, 5.74) is 11.5. The molecule has 2 aliphatic carbocycles. The Morgan fingerprint density at radius 3 is 1.89 bits per heavy atom.